The summed E-state index contributed by atoms with van der Waals surface area (Å²) in [6.45, 7) is 0. The van der Waals surface area contributed by atoms with Gasteiger partial charge in [-0.3, -0.25) is 4.79 Å². The molecule has 1 atom stereocenters. The van der Waals surface area contributed by atoms with E-state index in [2.05, 4.69) is 10.3 Å². The summed E-state index contributed by atoms with van der Waals surface area (Å²) in [5, 5.41) is 10.2. The van der Waals surface area contributed by atoms with Crippen molar-refractivity contribution >= 4 is 49.8 Å². The molecule has 5 N–H and O–H groups in total. The Hall–Kier alpha value is -4.44. The number of benzene rings is 4. The number of primary sulfonamides is 1. The van der Waals surface area contributed by atoms with Crippen LogP contribution >= 0.6 is 11.6 Å². The van der Waals surface area contributed by atoms with Crippen LogP contribution in [0.2, 0.25) is 5.02 Å². The number of nitrogens with two attached hydrogens (primary N) is 2. The summed E-state index contributed by atoms with van der Waals surface area (Å²) in [5.74, 6) is 0.304. The zero-order chi connectivity index (χ0) is 27.6. The second-order valence-corrected chi connectivity index (χ2v) is 10.6. The Morgan fingerprint density at radius 1 is 0.923 bits per heavy atom. The van der Waals surface area contributed by atoms with Crippen molar-refractivity contribution in [2.45, 2.75) is 11.0 Å². The number of nitrogens with one attached hydrogen (secondary N) is 1. The highest BCUT2D eigenvalue weighted by atomic mass is 35.5. The van der Waals surface area contributed by atoms with Gasteiger partial charge in [0.05, 0.1) is 4.90 Å². The van der Waals surface area contributed by atoms with Gasteiger partial charge in [0.15, 0.2) is 0 Å². The standard InChI is InChI=1S/C29H23ClN4O4S/c30-25-7-3-1-6-23(25)27(38-21-14-11-19-15-16-33-28(31)24(19)17-21)29(35)34-20-12-9-18(10-13-20)22-5-2-4-8-26(22)39(32,36)37/h1-17,27H,(H2,31,33)(H,34,35)(H2,32,36,37). The lowest BCUT2D eigenvalue weighted by molar-refractivity contribution is -0.123. The van der Waals surface area contributed by atoms with Gasteiger partial charge >= 0.3 is 0 Å². The van der Waals surface area contributed by atoms with E-state index in [9.17, 15) is 13.2 Å². The highest BCUT2D eigenvalue weighted by molar-refractivity contribution is 7.89. The van der Waals surface area contributed by atoms with Gasteiger partial charge in [-0.1, -0.05) is 66.2 Å². The summed E-state index contributed by atoms with van der Waals surface area (Å²) < 4.78 is 30.2. The summed E-state index contributed by atoms with van der Waals surface area (Å²) >= 11 is 6.44. The fraction of sp³-hybridized carbons (Fsp3) is 0.0345. The molecule has 0 spiro atoms. The van der Waals surface area contributed by atoms with E-state index in [-0.39, 0.29) is 4.90 Å². The lowest BCUT2D eigenvalue weighted by atomic mass is 10.0. The van der Waals surface area contributed by atoms with Crippen LogP contribution in [-0.4, -0.2) is 19.3 Å². The topological polar surface area (TPSA) is 137 Å². The SMILES string of the molecule is Nc1nccc2ccc(OC(C(=O)Nc3ccc(-c4ccccc4S(N)(=O)=O)cc3)c3ccccc3Cl)cc12. The van der Waals surface area contributed by atoms with Gasteiger partial charge in [-0.25, -0.2) is 18.5 Å². The summed E-state index contributed by atoms with van der Waals surface area (Å²) in [5.41, 5.74) is 8.07. The minimum atomic E-state index is -3.91. The number of nitrogens with zero attached hydrogens (tertiary/aromatic N) is 1. The first-order valence-electron chi connectivity index (χ1n) is 11.8. The van der Waals surface area contributed by atoms with E-state index < -0.39 is 22.0 Å². The molecule has 5 rings (SSSR count). The number of aromatic nitrogens is 1. The van der Waals surface area contributed by atoms with Gasteiger partial charge in [-0.15, -0.1) is 0 Å². The third-order valence-electron chi connectivity index (χ3n) is 6.11. The van der Waals surface area contributed by atoms with Crippen LogP contribution < -0.4 is 20.9 Å². The maximum absolute atomic E-state index is 13.5. The van der Waals surface area contributed by atoms with E-state index in [1.54, 1.807) is 85.1 Å². The van der Waals surface area contributed by atoms with Gasteiger partial charge in [0.2, 0.25) is 16.1 Å². The second kappa shape index (κ2) is 10.7. The first-order valence-corrected chi connectivity index (χ1v) is 13.7. The first-order chi connectivity index (χ1) is 18.7. The van der Waals surface area contributed by atoms with Crippen molar-refractivity contribution in [3.63, 3.8) is 0 Å². The monoisotopic (exact) mass is 558 g/mol. The summed E-state index contributed by atoms with van der Waals surface area (Å²) in [6, 6.07) is 27.2. The molecule has 1 unspecified atom stereocenters. The largest absolute Gasteiger partial charge is 0.476 e. The van der Waals surface area contributed by atoms with E-state index in [0.29, 0.717) is 44.4 Å². The maximum atomic E-state index is 13.5. The molecule has 0 saturated carbocycles. The molecule has 0 aliphatic heterocycles. The number of carbonyl (C=O) groups excluding carboxylic acids is 1. The molecule has 4 aromatic carbocycles. The smallest absolute Gasteiger partial charge is 0.270 e. The van der Waals surface area contributed by atoms with E-state index in [4.69, 9.17) is 27.2 Å². The van der Waals surface area contributed by atoms with Crippen LogP contribution in [-0.2, 0) is 14.8 Å². The number of ether oxygens (including phenoxy) is 1. The zero-order valence-corrected chi connectivity index (χ0v) is 22.0. The number of fused-ring (bicyclic) bond motifs is 1. The average molecular weight is 559 g/mol. The lowest BCUT2D eigenvalue weighted by Gasteiger charge is -2.21. The maximum Gasteiger partial charge on any atom is 0.270 e. The summed E-state index contributed by atoms with van der Waals surface area (Å²) in [7, 11) is -3.91. The van der Waals surface area contributed by atoms with Crippen molar-refractivity contribution in [1.82, 2.24) is 4.98 Å². The Labute approximate surface area is 230 Å². The normalized spacial score (nSPS) is 12.2. The molecule has 10 heteroatoms. The van der Waals surface area contributed by atoms with E-state index >= 15 is 0 Å². The van der Waals surface area contributed by atoms with Gasteiger partial charge in [-0.05, 0) is 53.4 Å². The molecule has 0 radical (unpaired) electrons. The highest BCUT2D eigenvalue weighted by Gasteiger charge is 2.26. The zero-order valence-electron chi connectivity index (χ0n) is 20.4. The number of nitrogen functional groups attached to an aromatic ring is 1. The van der Waals surface area contributed by atoms with Crippen molar-refractivity contribution in [2.75, 3.05) is 11.1 Å². The predicted molar refractivity (Wildman–Crippen MR) is 153 cm³/mol. The number of rotatable bonds is 7. The lowest BCUT2D eigenvalue weighted by Crippen LogP contribution is -2.26. The van der Waals surface area contributed by atoms with Gasteiger partial charge < -0.3 is 15.8 Å². The number of hydrogen-bond donors (Lipinski definition) is 3. The molecule has 1 aromatic heterocycles. The van der Waals surface area contributed by atoms with Gasteiger partial charge in [0, 0.05) is 33.4 Å². The highest BCUT2D eigenvalue weighted by Crippen LogP contribution is 2.32. The predicted octanol–water partition coefficient (Wildman–Crippen LogP) is 5.54. The van der Waals surface area contributed by atoms with Crippen LogP contribution in [0.25, 0.3) is 21.9 Å². The molecule has 5 aromatic rings. The Morgan fingerprint density at radius 2 is 1.64 bits per heavy atom. The van der Waals surface area contributed by atoms with Crippen LogP contribution in [0.5, 0.6) is 5.75 Å². The first kappa shape index (κ1) is 26.2. The molecule has 0 saturated heterocycles. The Morgan fingerprint density at radius 3 is 2.38 bits per heavy atom. The van der Waals surface area contributed by atoms with Crippen LogP contribution in [0.3, 0.4) is 0 Å². The molecule has 1 amide bonds. The molecule has 0 aliphatic rings. The molecular formula is C29H23ClN4O4S. The van der Waals surface area contributed by atoms with Gasteiger partial charge in [-0.2, -0.15) is 0 Å². The number of hydrogen-bond acceptors (Lipinski definition) is 6. The fourth-order valence-electron chi connectivity index (χ4n) is 4.22. The molecule has 1 heterocycles. The Kier molecular flexibility index (Phi) is 7.21. The van der Waals surface area contributed by atoms with E-state index in [0.717, 1.165) is 5.39 Å². The van der Waals surface area contributed by atoms with Crippen molar-refractivity contribution in [2.24, 2.45) is 5.14 Å². The van der Waals surface area contributed by atoms with Crippen molar-refractivity contribution < 1.29 is 17.9 Å². The molecule has 0 aliphatic carbocycles. The molecular weight excluding hydrogens is 536 g/mol. The molecule has 39 heavy (non-hydrogen) atoms. The fourth-order valence-corrected chi connectivity index (χ4v) is 5.21. The molecule has 8 nitrogen and oxygen atoms in total. The molecule has 196 valence electrons. The average Bonchev–Trinajstić information content (AvgIpc) is 2.92. The third-order valence-corrected chi connectivity index (χ3v) is 7.42. The third kappa shape index (κ3) is 5.70. The quantitative estimate of drug-likeness (QED) is 0.240. The van der Waals surface area contributed by atoms with E-state index in [1.165, 1.54) is 6.07 Å². The van der Waals surface area contributed by atoms with Crippen LogP contribution in [0.15, 0.2) is 108 Å². The number of pyridine rings is 1. The van der Waals surface area contributed by atoms with Crippen molar-refractivity contribution in [3.05, 3.63) is 114 Å². The second-order valence-electron chi connectivity index (χ2n) is 8.71. The number of sulfonamides is 1. The van der Waals surface area contributed by atoms with E-state index in [1.807, 2.05) is 12.1 Å². The number of anilines is 2. The molecule has 0 fully saturated rings. The summed E-state index contributed by atoms with van der Waals surface area (Å²) in [6.07, 6.45) is 0.536. The van der Waals surface area contributed by atoms with Crippen molar-refractivity contribution in [1.29, 1.82) is 0 Å². The van der Waals surface area contributed by atoms with Crippen LogP contribution in [0, 0.1) is 0 Å². The van der Waals surface area contributed by atoms with Gasteiger partial charge in [0.1, 0.15) is 11.6 Å². The Balaban J connectivity index is 1.44. The minimum absolute atomic E-state index is 0.0141. The minimum Gasteiger partial charge on any atom is -0.476 e. The summed E-state index contributed by atoms with van der Waals surface area (Å²) in [4.78, 5) is 17.6. The molecule has 0 bridgehead atoms. The van der Waals surface area contributed by atoms with Crippen molar-refractivity contribution in [3.8, 4) is 16.9 Å². The number of halogens is 1. The number of carbonyl (C=O) groups is 1. The van der Waals surface area contributed by atoms with Gasteiger partial charge in [0.25, 0.3) is 5.91 Å². The number of amides is 1. The van der Waals surface area contributed by atoms with Crippen LogP contribution in [0.4, 0.5) is 11.5 Å². The van der Waals surface area contributed by atoms with Crippen LogP contribution in [0.1, 0.15) is 11.7 Å². The Bertz CT molecular complexity index is 1790.